The van der Waals surface area contributed by atoms with Crippen molar-refractivity contribution in [3.63, 3.8) is 0 Å². The predicted molar refractivity (Wildman–Crippen MR) is 111 cm³/mol. The molecular formula is C20H27N3O4S. The maximum absolute atomic E-state index is 12.5. The number of benzene rings is 1. The van der Waals surface area contributed by atoms with E-state index in [1.54, 1.807) is 44.8 Å². The SMILES string of the molecule is COc1cc(NC(=O)CN2CCN(Cc3ccsc3)CC2)cc(OC)c1OC. The van der Waals surface area contributed by atoms with E-state index in [9.17, 15) is 4.79 Å². The van der Waals surface area contributed by atoms with Gasteiger partial charge in [0, 0.05) is 50.5 Å². The summed E-state index contributed by atoms with van der Waals surface area (Å²) >= 11 is 1.73. The molecule has 2 heterocycles. The Morgan fingerprint density at radius 1 is 1.04 bits per heavy atom. The highest BCUT2D eigenvalue weighted by Gasteiger charge is 2.20. The Bertz CT molecular complexity index is 749. The van der Waals surface area contributed by atoms with E-state index in [1.807, 2.05) is 0 Å². The molecule has 28 heavy (non-hydrogen) atoms. The van der Waals surface area contributed by atoms with Gasteiger partial charge in [-0.25, -0.2) is 0 Å². The lowest BCUT2D eigenvalue weighted by Crippen LogP contribution is -2.48. The van der Waals surface area contributed by atoms with Gasteiger partial charge in [0.15, 0.2) is 11.5 Å². The van der Waals surface area contributed by atoms with Gasteiger partial charge in [0.1, 0.15) is 0 Å². The molecule has 0 unspecified atom stereocenters. The summed E-state index contributed by atoms with van der Waals surface area (Å²) in [6.45, 7) is 5.04. The third kappa shape index (κ3) is 5.15. The molecule has 1 aliphatic heterocycles. The molecule has 0 radical (unpaired) electrons. The molecule has 0 aliphatic carbocycles. The molecule has 1 aromatic heterocycles. The molecule has 0 spiro atoms. The van der Waals surface area contributed by atoms with Gasteiger partial charge in [-0.3, -0.25) is 14.6 Å². The number of hydrogen-bond donors (Lipinski definition) is 1. The lowest BCUT2D eigenvalue weighted by molar-refractivity contribution is -0.117. The number of carbonyl (C=O) groups is 1. The third-order valence-corrected chi connectivity index (χ3v) is 5.50. The molecule has 1 amide bonds. The van der Waals surface area contributed by atoms with Gasteiger partial charge in [-0.05, 0) is 22.4 Å². The van der Waals surface area contributed by atoms with Crippen molar-refractivity contribution >= 4 is 22.9 Å². The van der Waals surface area contributed by atoms with Crippen molar-refractivity contribution in [3.8, 4) is 17.2 Å². The molecule has 0 bridgehead atoms. The van der Waals surface area contributed by atoms with Crippen LogP contribution >= 0.6 is 11.3 Å². The molecule has 1 aromatic carbocycles. The van der Waals surface area contributed by atoms with E-state index in [2.05, 4.69) is 31.9 Å². The van der Waals surface area contributed by atoms with Crippen LogP contribution in [0.2, 0.25) is 0 Å². The molecule has 2 aromatic rings. The highest BCUT2D eigenvalue weighted by molar-refractivity contribution is 7.07. The number of amides is 1. The summed E-state index contributed by atoms with van der Waals surface area (Å²) in [5.74, 6) is 1.48. The number of rotatable bonds is 8. The van der Waals surface area contributed by atoms with Crippen molar-refractivity contribution in [1.29, 1.82) is 0 Å². The van der Waals surface area contributed by atoms with E-state index in [0.717, 1.165) is 32.7 Å². The summed E-state index contributed by atoms with van der Waals surface area (Å²) in [6, 6.07) is 5.64. The predicted octanol–water partition coefficient (Wildman–Crippen LogP) is 2.53. The molecule has 1 aliphatic rings. The lowest BCUT2D eigenvalue weighted by Gasteiger charge is -2.34. The van der Waals surface area contributed by atoms with Crippen LogP contribution < -0.4 is 19.5 Å². The van der Waals surface area contributed by atoms with Crippen LogP contribution in [0.4, 0.5) is 5.69 Å². The second-order valence-electron chi connectivity index (χ2n) is 6.65. The van der Waals surface area contributed by atoms with Crippen molar-refractivity contribution < 1.29 is 19.0 Å². The van der Waals surface area contributed by atoms with Crippen LogP contribution in [-0.4, -0.2) is 69.8 Å². The number of nitrogens with zero attached hydrogens (tertiary/aromatic N) is 2. The molecule has 1 saturated heterocycles. The average molecular weight is 406 g/mol. The number of methoxy groups -OCH3 is 3. The van der Waals surface area contributed by atoms with Gasteiger partial charge >= 0.3 is 0 Å². The fourth-order valence-electron chi connectivity index (χ4n) is 3.30. The van der Waals surface area contributed by atoms with Gasteiger partial charge in [-0.15, -0.1) is 0 Å². The van der Waals surface area contributed by atoms with Gasteiger partial charge in [0.25, 0.3) is 0 Å². The van der Waals surface area contributed by atoms with Crippen LogP contribution in [0.1, 0.15) is 5.56 Å². The molecule has 152 valence electrons. The van der Waals surface area contributed by atoms with Crippen LogP contribution in [0.15, 0.2) is 29.0 Å². The maximum Gasteiger partial charge on any atom is 0.238 e. The molecule has 3 rings (SSSR count). The second kappa shape index (κ2) is 9.77. The van der Waals surface area contributed by atoms with Crippen LogP contribution in [-0.2, 0) is 11.3 Å². The number of carbonyl (C=O) groups excluding carboxylic acids is 1. The average Bonchev–Trinajstić information content (AvgIpc) is 3.21. The Balaban J connectivity index is 1.52. The van der Waals surface area contributed by atoms with Crippen LogP contribution in [0.25, 0.3) is 0 Å². The summed E-state index contributed by atoms with van der Waals surface area (Å²) in [5, 5.41) is 7.23. The highest BCUT2D eigenvalue weighted by Crippen LogP contribution is 2.39. The zero-order chi connectivity index (χ0) is 19.9. The Morgan fingerprint density at radius 3 is 2.21 bits per heavy atom. The largest absolute Gasteiger partial charge is 0.493 e. The summed E-state index contributed by atoms with van der Waals surface area (Å²) in [6.07, 6.45) is 0. The molecule has 8 heteroatoms. The standard InChI is InChI=1S/C20H27N3O4S/c1-25-17-10-16(11-18(26-2)20(17)27-3)21-19(24)13-23-7-5-22(6-8-23)12-15-4-9-28-14-15/h4,9-11,14H,5-8,12-13H2,1-3H3,(H,21,24). The van der Waals surface area contributed by atoms with E-state index in [-0.39, 0.29) is 5.91 Å². The van der Waals surface area contributed by atoms with Crippen LogP contribution in [0.5, 0.6) is 17.2 Å². The minimum absolute atomic E-state index is 0.0550. The highest BCUT2D eigenvalue weighted by atomic mass is 32.1. The number of ether oxygens (including phenoxy) is 3. The fraction of sp³-hybridized carbons (Fsp3) is 0.450. The summed E-state index contributed by atoms with van der Waals surface area (Å²) in [5.41, 5.74) is 1.98. The van der Waals surface area contributed by atoms with E-state index >= 15 is 0 Å². The van der Waals surface area contributed by atoms with E-state index < -0.39 is 0 Å². The first-order chi connectivity index (χ1) is 13.6. The summed E-state index contributed by atoms with van der Waals surface area (Å²) in [7, 11) is 4.66. The quantitative estimate of drug-likeness (QED) is 0.728. The van der Waals surface area contributed by atoms with Crippen molar-refractivity contribution in [1.82, 2.24) is 9.80 Å². The first-order valence-electron chi connectivity index (χ1n) is 9.18. The van der Waals surface area contributed by atoms with Crippen molar-refractivity contribution in [3.05, 3.63) is 34.5 Å². The lowest BCUT2D eigenvalue weighted by atomic mass is 10.2. The van der Waals surface area contributed by atoms with E-state index in [0.29, 0.717) is 29.5 Å². The van der Waals surface area contributed by atoms with Crippen molar-refractivity contribution in [2.45, 2.75) is 6.54 Å². The minimum Gasteiger partial charge on any atom is -0.493 e. The fourth-order valence-corrected chi connectivity index (χ4v) is 3.96. The number of nitrogens with one attached hydrogen (secondary N) is 1. The first-order valence-corrected chi connectivity index (χ1v) is 10.1. The van der Waals surface area contributed by atoms with Gasteiger partial charge in [-0.1, -0.05) is 0 Å². The molecule has 0 saturated carbocycles. The summed E-state index contributed by atoms with van der Waals surface area (Å²) in [4.78, 5) is 17.1. The van der Waals surface area contributed by atoms with Crippen LogP contribution in [0, 0.1) is 0 Å². The maximum atomic E-state index is 12.5. The van der Waals surface area contributed by atoms with Crippen molar-refractivity contribution in [2.24, 2.45) is 0 Å². The molecule has 7 nitrogen and oxygen atoms in total. The number of piperazine rings is 1. The number of hydrogen-bond acceptors (Lipinski definition) is 7. The molecule has 1 N–H and O–H groups in total. The second-order valence-corrected chi connectivity index (χ2v) is 7.43. The number of thiophene rings is 1. The smallest absolute Gasteiger partial charge is 0.238 e. The zero-order valence-corrected chi connectivity index (χ0v) is 17.4. The molecule has 0 atom stereocenters. The molecular weight excluding hydrogens is 378 g/mol. The van der Waals surface area contributed by atoms with Crippen molar-refractivity contribution in [2.75, 3.05) is 59.4 Å². The molecule has 1 fully saturated rings. The van der Waals surface area contributed by atoms with E-state index in [1.165, 1.54) is 5.56 Å². The van der Waals surface area contributed by atoms with E-state index in [4.69, 9.17) is 14.2 Å². The van der Waals surface area contributed by atoms with Gasteiger partial charge in [0.2, 0.25) is 11.7 Å². The normalized spacial score (nSPS) is 15.2. The monoisotopic (exact) mass is 405 g/mol. The first kappa shape index (κ1) is 20.4. The Hall–Kier alpha value is -2.29. The number of anilines is 1. The Morgan fingerprint density at radius 2 is 1.68 bits per heavy atom. The zero-order valence-electron chi connectivity index (χ0n) is 16.6. The van der Waals surface area contributed by atoms with Gasteiger partial charge in [0.05, 0.1) is 27.9 Å². The van der Waals surface area contributed by atoms with Gasteiger partial charge < -0.3 is 19.5 Å². The third-order valence-electron chi connectivity index (χ3n) is 4.77. The minimum atomic E-state index is -0.0550. The van der Waals surface area contributed by atoms with Crippen LogP contribution in [0.3, 0.4) is 0 Å². The Kier molecular flexibility index (Phi) is 7.13. The summed E-state index contributed by atoms with van der Waals surface area (Å²) < 4.78 is 16.0. The Labute approximate surface area is 169 Å². The topological polar surface area (TPSA) is 63.3 Å². The van der Waals surface area contributed by atoms with Gasteiger partial charge in [-0.2, -0.15) is 11.3 Å².